The maximum absolute atomic E-state index is 14.4. The van der Waals surface area contributed by atoms with Gasteiger partial charge in [-0.05, 0) is 43.7 Å². The van der Waals surface area contributed by atoms with E-state index in [9.17, 15) is 19.2 Å². The first-order valence-corrected chi connectivity index (χ1v) is 14.5. The Bertz CT molecular complexity index is 1420. The van der Waals surface area contributed by atoms with E-state index in [1.54, 1.807) is 6.92 Å². The number of Topliss-reactive ketones (excluding diaryl/α,β-unsaturated/α-hetero) is 3. The average Bonchev–Trinajstić information content (AvgIpc) is 3.75. The number of anilines is 1. The number of nitrogens with one attached hydrogen (secondary N) is 2. The molecule has 2 unspecified atom stereocenters. The SMILES string of the molecule is C/C1=C\[C@@H](C)C/C=C/[C@H]2[C@@H]3O[C@]3(C)[C@@H](C)[C@H]3[C@H](CC45OC4Nc4ccccc45)NC(=O)[C@]32C(=O)CCC(=O)C1=O. The van der Waals surface area contributed by atoms with Gasteiger partial charge in [-0.3, -0.25) is 19.2 Å². The van der Waals surface area contributed by atoms with Gasteiger partial charge in [0, 0.05) is 48.4 Å². The van der Waals surface area contributed by atoms with Gasteiger partial charge in [-0.15, -0.1) is 0 Å². The molecule has 2 aliphatic carbocycles. The van der Waals surface area contributed by atoms with Gasteiger partial charge >= 0.3 is 0 Å². The Morgan fingerprint density at radius 2 is 1.80 bits per heavy atom. The zero-order chi connectivity index (χ0) is 28.2. The van der Waals surface area contributed by atoms with Gasteiger partial charge in [-0.25, -0.2) is 0 Å². The number of epoxide rings is 2. The Morgan fingerprint density at radius 1 is 1.02 bits per heavy atom. The number of ketones is 3. The number of hydrogen-bond acceptors (Lipinski definition) is 7. The molecule has 4 aliphatic heterocycles. The number of carbonyl (C=O) groups is 4. The van der Waals surface area contributed by atoms with Crippen LogP contribution in [0.3, 0.4) is 0 Å². The molecule has 0 radical (unpaired) electrons. The molecule has 0 bridgehead atoms. The van der Waals surface area contributed by atoms with Crippen molar-refractivity contribution in [2.45, 2.75) is 83.0 Å². The van der Waals surface area contributed by atoms with Crippen LogP contribution < -0.4 is 10.6 Å². The largest absolute Gasteiger partial charge is 0.365 e. The maximum atomic E-state index is 14.4. The number of benzene rings is 1. The van der Waals surface area contributed by atoms with Crippen molar-refractivity contribution in [3.05, 3.63) is 53.6 Å². The van der Waals surface area contributed by atoms with Crippen LogP contribution in [0, 0.1) is 29.1 Å². The van der Waals surface area contributed by atoms with E-state index in [-0.39, 0.29) is 60.7 Å². The van der Waals surface area contributed by atoms with Crippen LogP contribution in [0.5, 0.6) is 0 Å². The maximum Gasteiger partial charge on any atom is 0.235 e. The van der Waals surface area contributed by atoms with E-state index in [0.717, 1.165) is 11.3 Å². The molecular formula is C32H36N2O6. The van der Waals surface area contributed by atoms with E-state index in [1.807, 2.05) is 43.4 Å². The Kier molecular flexibility index (Phi) is 5.46. The number of allylic oxidation sites excluding steroid dienone is 3. The minimum absolute atomic E-state index is 0.0216. The highest BCUT2D eigenvalue weighted by Gasteiger charge is 2.79. The van der Waals surface area contributed by atoms with Crippen LogP contribution in [0.1, 0.15) is 58.9 Å². The van der Waals surface area contributed by atoms with Crippen molar-refractivity contribution >= 4 is 28.9 Å². The number of para-hydroxylation sites is 1. The molecule has 0 aromatic heterocycles. The molecule has 40 heavy (non-hydrogen) atoms. The van der Waals surface area contributed by atoms with Gasteiger partial charge in [-0.2, -0.15) is 0 Å². The number of fused-ring (bicyclic) bond motifs is 5. The average molecular weight is 545 g/mol. The first-order valence-electron chi connectivity index (χ1n) is 14.5. The van der Waals surface area contributed by atoms with Crippen molar-refractivity contribution in [3.8, 4) is 0 Å². The molecule has 1 aromatic carbocycles. The highest BCUT2D eigenvalue weighted by Crippen LogP contribution is 2.68. The van der Waals surface area contributed by atoms with Crippen molar-refractivity contribution in [3.63, 3.8) is 0 Å². The molecule has 10 atom stereocenters. The van der Waals surface area contributed by atoms with E-state index < -0.39 is 34.1 Å². The second-order valence-corrected chi connectivity index (χ2v) is 13.0. The fraction of sp³-hybridized carbons (Fsp3) is 0.562. The number of hydrogen-bond donors (Lipinski definition) is 2. The van der Waals surface area contributed by atoms with Crippen LogP contribution in [-0.2, 0) is 34.3 Å². The molecule has 8 nitrogen and oxygen atoms in total. The van der Waals surface area contributed by atoms with Crippen LogP contribution >= 0.6 is 0 Å². The van der Waals surface area contributed by atoms with Crippen molar-refractivity contribution < 1.29 is 28.7 Å². The summed E-state index contributed by atoms with van der Waals surface area (Å²) >= 11 is 0. The van der Waals surface area contributed by atoms with Crippen LogP contribution in [0.2, 0.25) is 0 Å². The molecule has 1 spiro atoms. The molecule has 3 saturated heterocycles. The lowest BCUT2D eigenvalue weighted by atomic mass is 9.51. The van der Waals surface area contributed by atoms with Crippen LogP contribution in [0.4, 0.5) is 5.69 Å². The van der Waals surface area contributed by atoms with E-state index in [1.165, 1.54) is 0 Å². The third-order valence-electron chi connectivity index (χ3n) is 10.8. The summed E-state index contributed by atoms with van der Waals surface area (Å²) in [4.78, 5) is 54.2. The van der Waals surface area contributed by atoms with Crippen LogP contribution in [0.25, 0.3) is 0 Å². The van der Waals surface area contributed by atoms with Crippen molar-refractivity contribution in [1.29, 1.82) is 0 Å². The molecule has 1 amide bonds. The molecule has 1 saturated carbocycles. The molecule has 210 valence electrons. The molecule has 6 aliphatic rings. The summed E-state index contributed by atoms with van der Waals surface area (Å²) in [6.45, 7) is 7.82. The van der Waals surface area contributed by atoms with Crippen LogP contribution in [0.15, 0.2) is 48.1 Å². The fourth-order valence-corrected chi connectivity index (χ4v) is 8.54. The van der Waals surface area contributed by atoms with Crippen LogP contribution in [-0.4, -0.2) is 47.2 Å². The summed E-state index contributed by atoms with van der Waals surface area (Å²) < 4.78 is 12.6. The van der Waals surface area contributed by atoms with Crippen molar-refractivity contribution in [2.24, 2.45) is 29.1 Å². The predicted molar refractivity (Wildman–Crippen MR) is 146 cm³/mol. The standard InChI is InChI=1S/C32H36N2O6/c1-16-8-7-10-20-27-30(4,39-27)18(3)25-22(15-31-19-9-5-6-11-21(19)34-29(31)40-31)33-28(38)32(20,25)24(36)13-12-23(35)26(37)17(2)14-16/h5-7,9-11,14,16,18,20,22,25,27,29,34H,8,12-13,15H2,1-4H3,(H,33,38)/b10-7+,17-14+/t16-,18-,20-,22-,25-,27-,29?,30+,31?,32+/m0/s1. The van der Waals surface area contributed by atoms with E-state index in [4.69, 9.17) is 9.47 Å². The number of ether oxygens (including phenoxy) is 2. The fourth-order valence-electron chi connectivity index (χ4n) is 8.54. The monoisotopic (exact) mass is 544 g/mol. The molecule has 4 fully saturated rings. The second-order valence-electron chi connectivity index (χ2n) is 13.0. The summed E-state index contributed by atoms with van der Waals surface area (Å²) in [5.41, 5.74) is 0.122. The molecule has 7 rings (SSSR count). The molecule has 8 heteroatoms. The van der Waals surface area contributed by atoms with E-state index in [0.29, 0.717) is 18.4 Å². The zero-order valence-corrected chi connectivity index (χ0v) is 23.4. The molecule has 1 aromatic rings. The lowest BCUT2D eigenvalue weighted by Crippen LogP contribution is -2.58. The second kappa shape index (κ2) is 8.46. The number of rotatable bonds is 2. The Balaban J connectivity index is 1.30. The highest BCUT2D eigenvalue weighted by molar-refractivity contribution is 6.43. The van der Waals surface area contributed by atoms with Gasteiger partial charge in [0.15, 0.2) is 6.23 Å². The van der Waals surface area contributed by atoms with Gasteiger partial charge in [0.05, 0.1) is 11.7 Å². The number of amides is 1. The predicted octanol–water partition coefficient (Wildman–Crippen LogP) is 3.61. The summed E-state index contributed by atoms with van der Waals surface area (Å²) in [7, 11) is 0. The zero-order valence-electron chi connectivity index (χ0n) is 23.4. The lowest BCUT2D eigenvalue weighted by molar-refractivity contribution is -0.149. The molecule has 4 heterocycles. The lowest BCUT2D eigenvalue weighted by Gasteiger charge is -2.46. The summed E-state index contributed by atoms with van der Waals surface area (Å²) in [6, 6.07) is 7.74. The molecule has 2 N–H and O–H groups in total. The Morgan fingerprint density at radius 3 is 2.60 bits per heavy atom. The highest BCUT2D eigenvalue weighted by atomic mass is 16.6. The van der Waals surface area contributed by atoms with Crippen molar-refractivity contribution in [2.75, 3.05) is 5.32 Å². The van der Waals surface area contributed by atoms with E-state index in [2.05, 4.69) is 30.5 Å². The third kappa shape index (κ3) is 3.32. The summed E-state index contributed by atoms with van der Waals surface area (Å²) in [6.07, 6.45) is 6.21. The first-order chi connectivity index (χ1) is 19.0. The smallest absolute Gasteiger partial charge is 0.235 e. The minimum Gasteiger partial charge on any atom is -0.365 e. The van der Waals surface area contributed by atoms with Gasteiger partial charge in [0.25, 0.3) is 0 Å². The molecular weight excluding hydrogens is 508 g/mol. The Hall–Kier alpha value is -3.10. The van der Waals surface area contributed by atoms with Gasteiger partial charge in [0.2, 0.25) is 17.5 Å². The normalized spacial score (nSPS) is 47.4. The van der Waals surface area contributed by atoms with Gasteiger partial charge in [0.1, 0.15) is 16.8 Å². The van der Waals surface area contributed by atoms with Gasteiger partial charge < -0.3 is 20.1 Å². The third-order valence-corrected chi connectivity index (χ3v) is 10.8. The quantitative estimate of drug-likeness (QED) is 0.253. The summed E-state index contributed by atoms with van der Waals surface area (Å²) in [5.74, 6) is -2.59. The topological polar surface area (TPSA) is 117 Å². The van der Waals surface area contributed by atoms with Gasteiger partial charge in [-0.1, -0.05) is 50.3 Å². The van der Waals surface area contributed by atoms with Crippen molar-refractivity contribution in [1.82, 2.24) is 5.32 Å². The first kappa shape index (κ1) is 25.8. The number of carbonyl (C=O) groups excluding carboxylic acids is 4. The minimum atomic E-state index is -1.38. The van der Waals surface area contributed by atoms with E-state index >= 15 is 0 Å². The Labute approximate surface area is 233 Å². The summed E-state index contributed by atoms with van der Waals surface area (Å²) in [5, 5.41) is 6.68.